The van der Waals surface area contributed by atoms with Crippen LogP contribution in [0.3, 0.4) is 0 Å². The molecule has 0 aliphatic rings. The van der Waals surface area contributed by atoms with Gasteiger partial charge in [0.2, 0.25) is 0 Å². The molecular formula is C16H36F6O2S2. The van der Waals surface area contributed by atoms with Gasteiger partial charge in [-0.15, -0.1) is 0 Å². The van der Waals surface area contributed by atoms with Gasteiger partial charge < -0.3 is 0 Å². The molecule has 0 aromatic rings. The maximum absolute atomic E-state index is 11.6. The number of sulfone groups is 1. The largest absolute Gasteiger partial charge is 0.402 e. The summed E-state index contributed by atoms with van der Waals surface area (Å²) >= 11 is 1.75. The third-order valence-corrected chi connectivity index (χ3v) is 1.42. The molecule has 0 rings (SSSR count). The standard InChI is InChI=1S/C5H6F6.C5H12.C2H6O2S.C2H6S.C2H6/c1-3(2,4(6,7)8)5(9,10)11;2*1-5(2,3)4;1-3-2;1-2/h1-2H3;1-4H3;1-2H3;1-2H3;1-2H3. The molecule has 0 spiro atoms. The molecule has 0 radical (unpaired) electrons. The second kappa shape index (κ2) is 14.9. The van der Waals surface area contributed by atoms with Gasteiger partial charge in [0.05, 0.1) is 0 Å². The Morgan fingerprint density at radius 1 is 0.654 bits per heavy atom. The molecule has 0 heterocycles. The van der Waals surface area contributed by atoms with Crippen LogP contribution < -0.4 is 0 Å². The Balaban J connectivity index is -0.0000000823. The lowest BCUT2D eigenvalue weighted by molar-refractivity contribution is -0.327. The van der Waals surface area contributed by atoms with E-state index >= 15 is 0 Å². The number of hydrogen-bond donors (Lipinski definition) is 0. The molecule has 2 nitrogen and oxygen atoms in total. The molecule has 0 aliphatic carbocycles. The van der Waals surface area contributed by atoms with Crippen LogP contribution in [0.1, 0.15) is 55.4 Å². The minimum absolute atomic E-state index is 0.104. The van der Waals surface area contributed by atoms with Crippen molar-refractivity contribution in [2.75, 3.05) is 25.0 Å². The van der Waals surface area contributed by atoms with E-state index in [-0.39, 0.29) is 13.8 Å². The fraction of sp³-hybridized carbons (Fsp3) is 1.00. The second-order valence-corrected chi connectivity index (χ2v) is 10.3. The van der Waals surface area contributed by atoms with E-state index < -0.39 is 27.6 Å². The quantitative estimate of drug-likeness (QED) is 0.388. The van der Waals surface area contributed by atoms with Crippen molar-refractivity contribution in [2.24, 2.45) is 10.8 Å². The first-order valence-electron chi connectivity index (χ1n) is 7.60. The molecule has 26 heavy (non-hydrogen) atoms. The summed E-state index contributed by atoms with van der Waals surface area (Å²) in [6.07, 6.45) is -4.09. The van der Waals surface area contributed by atoms with Gasteiger partial charge in [-0.1, -0.05) is 41.5 Å². The SMILES string of the molecule is CC.CC(C)(C(F)(F)F)C(F)(F)F.CC(C)(C)C.CS(C)(=O)=O.CSC. The fourth-order valence-electron chi connectivity index (χ4n) is 0.161. The summed E-state index contributed by atoms with van der Waals surface area (Å²) in [6, 6.07) is 0. The van der Waals surface area contributed by atoms with Gasteiger partial charge in [-0.05, 0) is 31.8 Å². The zero-order valence-electron chi connectivity index (χ0n) is 17.9. The van der Waals surface area contributed by atoms with Crippen molar-refractivity contribution in [1.29, 1.82) is 0 Å². The minimum Gasteiger partial charge on any atom is -0.229 e. The van der Waals surface area contributed by atoms with E-state index in [4.69, 9.17) is 0 Å². The van der Waals surface area contributed by atoms with Crippen LogP contribution >= 0.6 is 11.8 Å². The first kappa shape index (κ1) is 36.7. The summed E-state index contributed by atoms with van der Waals surface area (Å²) in [7, 11) is -2.67. The van der Waals surface area contributed by atoms with E-state index in [1.54, 1.807) is 11.8 Å². The van der Waals surface area contributed by atoms with E-state index in [0.29, 0.717) is 5.41 Å². The molecule has 0 aromatic heterocycles. The molecule has 10 heteroatoms. The zero-order chi connectivity index (χ0) is 23.2. The summed E-state index contributed by atoms with van der Waals surface area (Å²) in [4.78, 5) is 0. The molecule has 0 bridgehead atoms. The van der Waals surface area contributed by atoms with E-state index in [2.05, 4.69) is 27.7 Å². The van der Waals surface area contributed by atoms with Crippen molar-refractivity contribution < 1.29 is 34.8 Å². The summed E-state index contributed by atoms with van der Waals surface area (Å²) in [5.74, 6) is 0. The summed E-state index contributed by atoms with van der Waals surface area (Å²) < 4.78 is 88.9. The van der Waals surface area contributed by atoms with Gasteiger partial charge in [0.25, 0.3) is 0 Å². The van der Waals surface area contributed by atoms with Crippen molar-refractivity contribution in [3.8, 4) is 0 Å². The first-order chi connectivity index (χ1) is 10.9. The Bertz CT molecular complexity index is 376. The molecule has 0 saturated carbocycles. The van der Waals surface area contributed by atoms with Gasteiger partial charge in [0.1, 0.15) is 9.84 Å². The summed E-state index contributed by atoms with van der Waals surface area (Å²) in [5.41, 5.74) is -3.12. The Kier molecular flexibility index (Phi) is 21.0. The zero-order valence-corrected chi connectivity index (χ0v) is 19.5. The monoisotopic (exact) mass is 438 g/mol. The third-order valence-electron chi connectivity index (χ3n) is 1.42. The van der Waals surface area contributed by atoms with Crippen molar-refractivity contribution in [2.45, 2.75) is 67.7 Å². The molecule has 0 fully saturated rings. The summed E-state index contributed by atoms with van der Waals surface area (Å²) in [6.45, 7) is 13.0. The van der Waals surface area contributed by atoms with Gasteiger partial charge in [-0.25, -0.2) is 8.42 Å². The lowest BCUT2D eigenvalue weighted by Gasteiger charge is -2.29. The topological polar surface area (TPSA) is 34.1 Å². The smallest absolute Gasteiger partial charge is 0.229 e. The number of hydrogen-bond acceptors (Lipinski definition) is 3. The maximum atomic E-state index is 11.6. The number of thioether (sulfide) groups is 1. The molecule has 0 atom stereocenters. The Hall–Kier alpha value is -0.120. The maximum Gasteiger partial charge on any atom is 0.402 e. The highest BCUT2D eigenvalue weighted by atomic mass is 32.2. The number of rotatable bonds is 0. The lowest BCUT2D eigenvalue weighted by Crippen LogP contribution is -2.44. The lowest BCUT2D eigenvalue weighted by atomic mass is 9.92. The van der Waals surface area contributed by atoms with Gasteiger partial charge in [-0.2, -0.15) is 38.1 Å². The fourth-order valence-corrected chi connectivity index (χ4v) is 0.161. The van der Waals surface area contributed by atoms with Crippen LogP contribution in [0.15, 0.2) is 0 Å². The van der Waals surface area contributed by atoms with Crippen LogP contribution in [0.25, 0.3) is 0 Å². The molecule has 0 aliphatic heterocycles. The Morgan fingerprint density at radius 3 is 0.731 bits per heavy atom. The third kappa shape index (κ3) is 39.1. The Labute approximate surface area is 160 Å². The molecule has 166 valence electrons. The van der Waals surface area contributed by atoms with Crippen LogP contribution in [-0.2, 0) is 9.84 Å². The van der Waals surface area contributed by atoms with Crippen molar-refractivity contribution in [3.05, 3.63) is 0 Å². The first-order valence-corrected chi connectivity index (χ1v) is 11.5. The Morgan fingerprint density at radius 2 is 0.731 bits per heavy atom. The van der Waals surface area contributed by atoms with Crippen LogP contribution in [0.2, 0.25) is 0 Å². The molecule has 0 N–H and O–H groups in total. The normalized spacial score (nSPS) is 11.9. The van der Waals surface area contributed by atoms with Crippen LogP contribution in [0.5, 0.6) is 0 Å². The van der Waals surface area contributed by atoms with E-state index in [9.17, 15) is 34.8 Å². The van der Waals surface area contributed by atoms with Crippen molar-refractivity contribution in [3.63, 3.8) is 0 Å². The van der Waals surface area contributed by atoms with Gasteiger partial charge >= 0.3 is 12.4 Å². The van der Waals surface area contributed by atoms with Crippen molar-refractivity contribution in [1.82, 2.24) is 0 Å². The van der Waals surface area contributed by atoms with Crippen LogP contribution in [0, 0.1) is 10.8 Å². The molecular weight excluding hydrogens is 402 g/mol. The molecule has 0 unspecified atom stereocenters. The number of halogens is 6. The van der Waals surface area contributed by atoms with E-state index in [1.165, 1.54) is 0 Å². The molecule has 0 aromatic carbocycles. The summed E-state index contributed by atoms with van der Waals surface area (Å²) in [5, 5.41) is 0. The predicted molar refractivity (Wildman–Crippen MR) is 103 cm³/mol. The van der Waals surface area contributed by atoms with Gasteiger partial charge in [0, 0.05) is 12.5 Å². The van der Waals surface area contributed by atoms with E-state index in [1.807, 2.05) is 26.4 Å². The highest BCUT2D eigenvalue weighted by molar-refractivity contribution is 7.97. The molecule has 0 amide bonds. The predicted octanol–water partition coefficient (Wildman–Crippen LogP) is 6.86. The minimum atomic E-state index is -5.24. The highest BCUT2D eigenvalue weighted by Gasteiger charge is 2.64. The number of alkyl halides is 6. The molecule has 0 saturated heterocycles. The van der Waals surface area contributed by atoms with Crippen molar-refractivity contribution >= 4 is 21.6 Å². The highest BCUT2D eigenvalue weighted by Crippen LogP contribution is 2.49. The average Bonchev–Trinajstić information content (AvgIpc) is 2.25. The van der Waals surface area contributed by atoms with Crippen LogP contribution in [0.4, 0.5) is 26.3 Å². The van der Waals surface area contributed by atoms with Gasteiger partial charge in [0.15, 0.2) is 5.41 Å². The van der Waals surface area contributed by atoms with E-state index in [0.717, 1.165) is 12.5 Å². The second-order valence-electron chi connectivity index (χ2n) is 7.17. The van der Waals surface area contributed by atoms with Gasteiger partial charge in [-0.3, -0.25) is 0 Å². The van der Waals surface area contributed by atoms with Crippen LogP contribution in [-0.4, -0.2) is 45.8 Å². The average molecular weight is 439 g/mol.